The first kappa shape index (κ1) is 16.2. The lowest BCUT2D eigenvalue weighted by atomic mass is 10.1. The second kappa shape index (κ2) is 9.13. The van der Waals surface area contributed by atoms with E-state index in [9.17, 15) is 4.79 Å². The van der Waals surface area contributed by atoms with Crippen LogP contribution in [0.25, 0.3) is 0 Å². The molecule has 1 aromatic rings. The fourth-order valence-corrected chi connectivity index (χ4v) is 2.31. The lowest BCUT2D eigenvalue weighted by molar-refractivity contribution is 0.101. The first-order chi connectivity index (χ1) is 9.15. The molecular formula is C16H23BrO2. The largest absolute Gasteiger partial charge is 0.493 e. The van der Waals surface area contributed by atoms with Gasteiger partial charge in [0.15, 0.2) is 5.78 Å². The van der Waals surface area contributed by atoms with Gasteiger partial charge in [0.05, 0.1) is 12.2 Å². The van der Waals surface area contributed by atoms with Crippen molar-refractivity contribution in [2.75, 3.05) is 6.61 Å². The van der Waals surface area contributed by atoms with Gasteiger partial charge in [-0.1, -0.05) is 55.0 Å². The molecule has 3 heteroatoms. The van der Waals surface area contributed by atoms with Crippen molar-refractivity contribution in [1.29, 1.82) is 0 Å². The lowest BCUT2D eigenvalue weighted by Gasteiger charge is -2.10. The van der Waals surface area contributed by atoms with E-state index in [4.69, 9.17) is 4.74 Å². The Balaban J connectivity index is 2.36. The molecule has 0 aliphatic rings. The number of unbranched alkanes of at least 4 members (excludes halogenated alkanes) is 5. The maximum atomic E-state index is 11.5. The van der Waals surface area contributed by atoms with Gasteiger partial charge in [0.2, 0.25) is 0 Å². The van der Waals surface area contributed by atoms with E-state index in [2.05, 4.69) is 22.9 Å². The van der Waals surface area contributed by atoms with Gasteiger partial charge in [-0.05, 0) is 31.5 Å². The molecule has 0 heterocycles. The van der Waals surface area contributed by atoms with Crippen LogP contribution in [0.2, 0.25) is 0 Å². The third kappa shape index (κ3) is 6.24. The molecule has 106 valence electrons. The Morgan fingerprint density at radius 3 is 2.53 bits per heavy atom. The number of ketones is 1. The SMILES string of the molecule is CCCCCCCCOc1cc(Br)ccc1C(C)=O. The van der Waals surface area contributed by atoms with E-state index >= 15 is 0 Å². The van der Waals surface area contributed by atoms with Crippen LogP contribution >= 0.6 is 15.9 Å². The number of carbonyl (C=O) groups is 1. The summed E-state index contributed by atoms with van der Waals surface area (Å²) in [5.41, 5.74) is 0.661. The molecule has 0 saturated heterocycles. The Labute approximate surface area is 124 Å². The van der Waals surface area contributed by atoms with Crippen molar-refractivity contribution in [2.45, 2.75) is 52.4 Å². The van der Waals surface area contributed by atoms with Crippen LogP contribution in [-0.2, 0) is 0 Å². The number of benzene rings is 1. The number of ether oxygens (including phenoxy) is 1. The van der Waals surface area contributed by atoms with Gasteiger partial charge in [-0.25, -0.2) is 0 Å². The summed E-state index contributed by atoms with van der Waals surface area (Å²) in [6.07, 6.45) is 7.43. The van der Waals surface area contributed by atoms with Crippen LogP contribution in [0, 0.1) is 0 Å². The zero-order valence-electron chi connectivity index (χ0n) is 11.9. The number of Topliss-reactive ketones (excluding diaryl/α,β-unsaturated/α-hetero) is 1. The normalized spacial score (nSPS) is 10.5. The van der Waals surface area contributed by atoms with Crippen LogP contribution in [0.3, 0.4) is 0 Å². The van der Waals surface area contributed by atoms with Gasteiger partial charge in [0.1, 0.15) is 5.75 Å². The highest BCUT2D eigenvalue weighted by Gasteiger charge is 2.08. The third-order valence-electron chi connectivity index (χ3n) is 3.08. The van der Waals surface area contributed by atoms with Crippen LogP contribution in [0.15, 0.2) is 22.7 Å². The predicted molar refractivity (Wildman–Crippen MR) is 83.0 cm³/mol. The topological polar surface area (TPSA) is 26.3 Å². The van der Waals surface area contributed by atoms with Crippen LogP contribution in [0.1, 0.15) is 62.7 Å². The maximum absolute atomic E-state index is 11.5. The highest BCUT2D eigenvalue weighted by Crippen LogP contribution is 2.24. The van der Waals surface area contributed by atoms with E-state index in [0.717, 1.165) is 10.9 Å². The van der Waals surface area contributed by atoms with Crippen molar-refractivity contribution in [2.24, 2.45) is 0 Å². The Morgan fingerprint density at radius 2 is 1.84 bits per heavy atom. The van der Waals surface area contributed by atoms with Crippen LogP contribution in [0.4, 0.5) is 0 Å². The van der Waals surface area contributed by atoms with E-state index in [-0.39, 0.29) is 5.78 Å². The standard InChI is InChI=1S/C16H23BrO2/c1-3-4-5-6-7-8-11-19-16-12-14(17)9-10-15(16)13(2)18/h9-10,12H,3-8,11H2,1-2H3. The molecule has 0 N–H and O–H groups in total. The van der Waals surface area contributed by atoms with Crippen molar-refractivity contribution in [1.82, 2.24) is 0 Å². The summed E-state index contributed by atoms with van der Waals surface area (Å²) in [7, 11) is 0. The molecule has 0 aromatic heterocycles. The quantitative estimate of drug-likeness (QED) is 0.449. The molecule has 0 bridgehead atoms. The molecule has 0 unspecified atom stereocenters. The molecule has 19 heavy (non-hydrogen) atoms. The van der Waals surface area contributed by atoms with Crippen molar-refractivity contribution in [3.63, 3.8) is 0 Å². The summed E-state index contributed by atoms with van der Waals surface area (Å²) >= 11 is 3.41. The second-order valence-corrected chi connectivity index (χ2v) is 5.73. The molecule has 1 aromatic carbocycles. The Bertz CT molecular complexity index is 402. The number of halogens is 1. The smallest absolute Gasteiger partial charge is 0.163 e. The van der Waals surface area contributed by atoms with Crippen LogP contribution in [0.5, 0.6) is 5.75 Å². The van der Waals surface area contributed by atoms with Gasteiger partial charge in [-0.3, -0.25) is 4.79 Å². The number of carbonyl (C=O) groups excluding carboxylic acids is 1. The molecule has 2 nitrogen and oxygen atoms in total. The molecule has 0 atom stereocenters. The fourth-order valence-electron chi connectivity index (χ4n) is 1.97. The fraction of sp³-hybridized carbons (Fsp3) is 0.562. The molecule has 0 amide bonds. The lowest BCUT2D eigenvalue weighted by Crippen LogP contribution is -2.03. The Morgan fingerprint density at radius 1 is 1.16 bits per heavy atom. The molecule has 1 rings (SSSR count). The van der Waals surface area contributed by atoms with E-state index in [0.29, 0.717) is 17.9 Å². The van der Waals surface area contributed by atoms with E-state index in [1.807, 2.05) is 18.2 Å². The zero-order chi connectivity index (χ0) is 14.1. The van der Waals surface area contributed by atoms with Crippen molar-refractivity contribution in [3.8, 4) is 5.75 Å². The van der Waals surface area contributed by atoms with Crippen molar-refractivity contribution >= 4 is 21.7 Å². The molecule has 0 spiro atoms. The highest BCUT2D eigenvalue weighted by atomic mass is 79.9. The van der Waals surface area contributed by atoms with E-state index in [1.54, 1.807) is 6.92 Å². The van der Waals surface area contributed by atoms with Gasteiger partial charge in [0.25, 0.3) is 0 Å². The van der Waals surface area contributed by atoms with Gasteiger partial charge < -0.3 is 4.74 Å². The van der Waals surface area contributed by atoms with E-state index < -0.39 is 0 Å². The first-order valence-corrected chi connectivity index (χ1v) is 7.87. The number of rotatable bonds is 9. The minimum atomic E-state index is 0.0467. The molecular weight excluding hydrogens is 304 g/mol. The number of hydrogen-bond donors (Lipinski definition) is 0. The van der Waals surface area contributed by atoms with Crippen LogP contribution in [-0.4, -0.2) is 12.4 Å². The van der Waals surface area contributed by atoms with E-state index in [1.165, 1.54) is 32.1 Å². The van der Waals surface area contributed by atoms with Gasteiger partial charge in [-0.15, -0.1) is 0 Å². The second-order valence-electron chi connectivity index (χ2n) is 4.81. The third-order valence-corrected chi connectivity index (χ3v) is 3.57. The summed E-state index contributed by atoms with van der Waals surface area (Å²) in [5, 5.41) is 0. The Kier molecular flexibility index (Phi) is 7.80. The molecule has 0 fully saturated rings. The average Bonchev–Trinajstić information content (AvgIpc) is 2.37. The average molecular weight is 327 g/mol. The predicted octanol–water partition coefficient (Wildman–Crippen LogP) is 5.39. The summed E-state index contributed by atoms with van der Waals surface area (Å²) in [4.78, 5) is 11.5. The summed E-state index contributed by atoms with van der Waals surface area (Å²) in [5.74, 6) is 0.737. The van der Waals surface area contributed by atoms with Crippen LogP contribution < -0.4 is 4.74 Å². The maximum Gasteiger partial charge on any atom is 0.163 e. The molecule has 0 radical (unpaired) electrons. The van der Waals surface area contributed by atoms with Crippen molar-refractivity contribution in [3.05, 3.63) is 28.2 Å². The highest BCUT2D eigenvalue weighted by molar-refractivity contribution is 9.10. The van der Waals surface area contributed by atoms with Gasteiger partial charge >= 0.3 is 0 Å². The van der Waals surface area contributed by atoms with Gasteiger partial charge in [0, 0.05) is 4.47 Å². The molecule has 0 saturated carbocycles. The summed E-state index contributed by atoms with van der Waals surface area (Å²) in [6.45, 7) is 4.48. The zero-order valence-corrected chi connectivity index (χ0v) is 13.5. The monoisotopic (exact) mass is 326 g/mol. The minimum absolute atomic E-state index is 0.0467. The number of hydrogen-bond acceptors (Lipinski definition) is 2. The Hall–Kier alpha value is -0.830. The summed E-state index contributed by atoms with van der Waals surface area (Å²) < 4.78 is 6.68. The minimum Gasteiger partial charge on any atom is -0.493 e. The first-order valence-electron chi connectivity index (χ1n) is 7.08. The molecule has 0 aliphatic carbocycles. The van der Waals surface area contributed by atoms with Crippen molar-refractivity contribution < 1.29 is 9.53 Å². The molecule has 0 aliphatic heterocycles. The van der Waals surface area contributed by atoms with Gasteiger partial charge in [-0.2, -0.15) is 0 Å². The summed E-state index contributed by atoms with van der Waals surface area (Å²) in [6, 6.07) is 5.55.